The Morgan fingerprint density at radius 2 is 2.06 bits per heavy atom. The van der Waals surface area contributed by atoms with E-state index in [2.05, 4.69) is 20.2 Å². The first-order chi connectivity index (χ1) is 8.25. The zero-order chi connectivity index (χ0) is 11.8. The number of H-pyrrole nitrogens is 1. The molecule has 17 heavy (non-hydrogen) atoms. The quantitative estimate of drug-likeness (QED) is 0.716. The third-order valence-electron chi connectivity index (χ3n) is 2.68. The summed E-state index contributed by atoms with van der Waals surface area (Å²) in [6.07, 6.45) is 1.62. The molecule has 0 radical (unpaired) electrons. The molecule has 3 aromatic rings. The first kappa shape index (κ1) is 10.2. The number of aromatic nitrogens is 4. The molecule has 0 unspecified atom stereocenters. The molecule has 0 aliphatic heterocycles. The minimum absolute atomic E-state index is 0.159. The fourth-order valence-electron chi connectivity index (χ4n) is 2.01. The zero-order valence-electron chi connectivity index (χ0n) is 9.11. The molecule has 0 aliphatic rings. The highest BCUT2D eigenvalue weighted by Gasteiger charge is 2.12. The summed E-state index contributed by atoms with van der Waals surface area (Å²) in [4.78, 5) is 7.51. The number of aromatic amines is 1. The van der Waals surface area contributed by atoms with Gasteiger partial charge in [-0.05, 0) is 24.6 Å². The Morgan fingerprint density at radius 3 is 2.88 bits per heavy atom. The minimum atomic E-state index is 0.159. The third kappa shape index (κ3) is 1.66. The Labute approximate surface area is 103 Å². The molecule has 0 spiro atoms. The van der Waals surface area contributed by atoms with E-state index in [1.54, 1.807) is 6.20 Å². The summed E-state index contributed by atoms with van der Waals surface area (Å²) in [5.74, 6) is 0. The van der Waals surface area contributed by atoms with Gasteiger partial charge >= 0.3 is 0 Å². The van der Waals surface area contributed by atoms with Crippen molar-refractivity contribution in [1.29, 1.82) is 0 Å². The van der Waals surface area contributed by atoms with Crippen molar-refractivity contribution in [2.75, 3.05) is 0 Å². The number of para-hydroxylation sites is 1. The molecule has 1 aromatic carbocycles. The predicted molar refractivity (Wildman–Crippen MR) is 66.9 cm³/mol. The van der Waals surface area contributed by atoms with Crippen LogP contribution in [-0.4, -0.2) is 20.2 Å². The zero-order valence-corrected chi connectivity index (χ0v) is 9.86. The van der Waals surface area contributed by atoms with Crippen LogP contribution in [0.4, 0.5) is 0 Å². The van der Waals surface area contributed by atoms with Gasteiger partial charge in [-0.25, -0.2) is 4.98 Å². The first-order valence-corrected chi connectivity index (χ1v) is 5.56. The van der Waals surface area contributed by atoms with Crippen molar-refractivity contribution < 1.29 is 0 Å². The lowest BCUT2D eigenvalue weighted by Gasteiger charge is -1.99. The largest absolute Gasteiger partial charge is 0.358 e. The van der Waals surface area contributed by atoms with E-state index >= 15 is 0 Å². The SMILES string of the molecule is Cc1[nH]c2ccccc2c1-c1cnnc(Cl)n1. The van der Waals surface area contributed by atoms with E-state index < -0.39 is 0 Å². The predicted octanol–water partition coefficient (Wildman–Crippen LogP) is 2.98. The number of benzene rings is 1. The van der Waals surface area contributed by atoms with Crippen LogP contribution in [0.1, 0.15) is 5.69 Å². The molecule has 2 heterocycles. The van der Waals surface area contributed by atoms with Gasteiger partial charge in [0.2, 0.25) is 5.28 Å². The van der Waals surface area contributed by atoms with Gasteiger partial charge < -0.3 is 4.98 Å². The van der Waals surface area contributed by atoms with Gasteiger partial charge in [0.1, 0.15) is 0 Å². The van der Waals surface area contributed by atoms with Crippen LogP contribution in [0.15, 0.2) is 30.5 Å². The molecule has 84 valence electrons. The van der Waals surface area contributed by atoms with Gasteiger partial charge in [-0.2, -0.15) is 5.10 Å². The molecule has 0 saturated heterocycles. The molecule has 5 heteroatoms. The lowest BCUT2D eigenvalue weighted by atomic mass is 10.1. The van der Waals surface area contributed by atoms with Gasteiger partial charge in [0.15, 0.2) is 0 Å². The average molecular weight is 245 g/mol. The molecule has 0 saturated carbocycles. The average Bonchev–Trinajstić information content (AvgIpc) is 2.64. The number of aryl methyl sites for hydroxylation is 1. The molecule has 4 nitrogen and oxygen atoms in total. The highest BCUT2D eigenvalue weighted by molar-refractivity contribution is 6.28. The van der Waals surface area contributed by atoms with E-state index in [0.717, 1.165) is 27.9 Å². The van der Waals surface area contributed by atoms with Crippen molar-refractivity contribution in [3.05, 3.63) is 41.4 Å². The molecule has 0 atom stereocenters. The fourth-order valence-corrected chi connectivity index (χ4v) is 2.14. The summed E-state index contributed by atoms with van der Waals surface area (Å²) >= 11 is 5.77. The van der Waals surface area contributed by atoms with Crippen LogP contribution in [0, 0.1) is 6.92 Å². The van der Waals surface area contributed by atoms with E-state index in [1.165, 1.54) is 0 Å². The number of hydrogen-bond acceptors (Lipinski definition) is 3. The fraction of sp³-hybridized carbons (Fsp3) is 0.0833. The molecule has 3 rings (SSSR count). The Balaban J connectivity index is 2.33. The lowest BCUT2D eigenvalue weighted by Crippen LogP contribution is -1.90. The van der Waals surface area contributed by atoms with Gasteiger partial charge in [-0.15, -0.1) is 5.10 Å². The van der Waals surface area contributed by atoms with Crippen molar-refractivity contribution >= 4 is 22.5 Å². The van der Waals surface area contributed by atoms with Crippen molar-refractivity contribution in [2.45, 2.75) is 6.92 Å². The number of rotatable bonds is 1. The van der Waals surface area contributed by atoms with E-state index in [9.17, 15) is 0 Å². The maximum atomic E-state index is 5.77. The number of halogens is 1. The lowest BCUT2D eigenvalue weighted by molar-refractivity contribution is 0.974. The van der Waals surface area contributed by atoms with Crippen LogP contribution in [0.25, 0.3) is 22.2 Å². The normalized spacial score (nSPS) is 10.9. The molecule has 0 fully saturated rings. The smallest absolute Gasteiger partial charge is 0.243 e. The standard InChI is InChI=1S/C12H9ClN4/c1-7-11(10-6-14-17-12(13)16-10)8-4-2-3-5-9(8)15-7/h2-6,15H,1H3. The second-order valence-electron chi connectivity index (χ2n) is 3.78. The van der Waals surface area contributed by atoms with Crippen molar-refractivity contribution in [2.24, 2.45) is 0 Å². The van der Waals surface area contributed by atoms with Crippen LogP contribution in [0.2, 0.25) is 5.28 Å². The second-order valence-corrected chi connectivity index (χ2v) is 4.12. The van der Waals surface area contributed by atoms with Gasteiger partial charge in [0.05, 0.1) is 11.9 Å². The molecule has 2 aromatic heterocycles. The Morgan fingerprint density at radius 1 is 1.24 bits per heavy atom. The maximum Gasteiger partial charge on any atom is 0.243 e. The monoisotopic (exact) mass is 244 g/mol. The van der Waals surface area contributed by atoms with E-state index in [1.807, 2.05) is 31.2 Å². The molecular formula is C12H9ClN4. The molecular weight excluding hydrogens is 236 g/mol. The topological polar surface area (TPSA) is 54.5 Å². The highest BCUT2D eigenvalue weighted by Crippen LogP contribution is 2.30. The summed E-state index contributed by atoms with van der Waals surface area (Å²) in [7, 11) is 0. The second kappa shape index (κ2) is 3.82. The Kier molecular flexibility index (Phi) is 2.30. The minimum Gasteiger partial charge on any atom is -0.358 e. The van der Waals surface area contributed by atoms with Crippen LogP contribution >= 0.6 is 11.6 Å². The van der Waals surface area contributed by atoms with Gasteiger partial charge in [-0.1, -0.05) is 18.2 Å². The van der Waals surface area contributed by atoms with E-state index in [-0.39, 0.29) is 5.28 Å². The van der Waals surface area contributed by atoms with Crippen LogP contribution in [0.3, 0.4) is 0 Å². The number of hydrogen-bond donors (Lipinski definition) is 1. The summed E-state index contributed by atoms with van der Waals surface area (Å²) in [5, 5.41) is 8.76. The van der Waals surface area contributed by atoms with Crippen molar-refractivity contribution in [3.63, 3.8) is 0 Å². The number of nitrogens with one attached hydrogen (secondary N) is 1. The molecule has 1 N–H and O–H groups in total. The van der Waals surface area contributed by atoms with Crippen LogP contribution in [-0.2, 0) is 0 Å². The van der Waals surface area contributed by atoms with Crippen LogP contribution in [0.5, 0.6) is 0 Å². The third-order valence-corrected chi connectivity index (χ3v) is 2.84. The first-order valence-electron chi connectivity index (χ1n) is 5.18. The van der Waals surface area contributed by atoms with Gasteiger partial charge in [-0.3, -0.25) is 0 Å². The Hall–Kier alpha value is -1.94. The number of nitrogens with zero attached hydrogens (tertiary/aromatic N) is 3. The summed E-state index contributed by atoms with van der Waals surface area (Å²) in [5.41, 5.74) is 3.88. The van der Waals surface area contributed by atoms with Gasteiger partial charge in [0, 0.05) is 22.2 Å². The van der Waals surface area contributed by atoms with Crippen molar-refractivity contribution in [1.82, 2.24) is 20.2 Å². The maximum absolute atomic E-state index is 5.77. The van der Waals surface area contributed by atoms with Gasteiger partial charge in [0.25, 0.3) is 0 Å². The summed E-state index contributed by atoms with van der Waals surface area (Å²) in [6, 6.07) is 8.06. The molecule has 0 bridgehead atoms. The summed E-state index contributed by atoms with van der Waals surface area (Å²) < 4.78 is 0. The van der Waals surface area contributed by atoms with E-state index in [0.29, 0.717) is 0 Å². The summed E-state index contributed by atoms with van der Waals surface area (Å²) in [6.45, 7) is 2.01. The molecule has 0 amide bonds. The number of fused-ring (bicyclic) bond motifs is 1. The highest BCUT2D eigenvalue weighted by atomic mass is 35.5. The van der Waals surface area contributed by atoms with Crippen LogP contribution < -0.4 is 0 Å². The van der Waals surface area contributed by atoms with Crippen molar-refractivity contribution in [3.8, 4) is 11.3 Å². The molecule has 0 aliphatic carbocycles. The Bertz CT molecular complexity index is 690. The van der Waals surface area contributed by atoms with E-state index in [4.69, 9.17) is 11.6 Å².